The number of alkyl halides is 6. The Morgan fingerprint density at radius 3 is 2.34 bits per heavy atom. The summed E-state index contributed by atoms with van der Waals surface area (Å²) in [6, 6.07) is 3.86. The summed E-state index contributed by atoms with van der Waals surface area (Å²) in [4.78, 5) is 28.0. The van der Waals surface area contributed by atoms with Gasteiger partial charge in [0.15, 0.2) is 0 Å². The Labute approximate surface area is 233 Å². The van der Waals surface area contributed by atoms with Crippen LogP contribution in [0.15, 0.2) is 35.3 Å². The summed E-state index contributed by atoms with van der Waals surface area (Å²) in [6.07, 6.45) is -5.48. The summed E-state index contributed by atoms with van der Waals surface area (Å²) in [7, 11) is 0. The van der Waals surface area contributed by atoms with Crippen LogP contribution in [0.2, 0.25) is 0 Å². The number of halogens is 6. The van der Waals surface area contributed by atoms with Gasteiger partial charge in [0.2, 0.25) is 0 Å². The molecule has 13 heteroatoms. The fraction of sp³-hybridized carbons (Fsp3) is 0.571. The molecule has 1 aromatic heterocycles. The van der Waals surface area contributed by atoms with Crippen molar-refractivity contribution >= 4 is 11.6 Å². The minimum atomic E-state index is -4.55. The van der Waals surface area contributed by atoms with Crippen LogP contribution in [0, 0.1) is 6.92 Å². The molecular weight excluding hydrogens is 554 g/mol. The van der Waals surface area contributed by atoms with Crippen LogP contribution < -0.4 is 16.2 Å². The van der Waals surface area contributed by atoms with E-state index >= 15 is 0 Å². The lowest BCUT2D eigenvalue weighted by atomic mass is 9.97. The van der Waals surface area contributed by atoms with E-state index in [0.29, 0.717) is 44.5 Å². The lowest BCUT2D eigenvalue weighted by Gasteiger charge is -2.33. The summed E-state index contributed by atoms with van der Waals surface area (Å²) in [5, 5.41) is 5.96. The number of nitrogens with one attached hydrogen (secondary N) is 2. The molecule has 1 amide bonds. The molecule has 1 unspecified atom stereocenters. The fourth-order valence-electron chi connectivity index (χ4n) is 5.59. The molecule has 3 heterocycles. The number of likely N-dealkylation sites (tertiary alicyclic amines) is 1. The maximum atomic E-state index is 13.6. The topological polar surface area (TPSA) is 75.6 Å². The van der Waals surface area contributed by atoms with E-state index in [9.17, 15) is 35.9 Å². The number of nitrogens with zero attached hydrogens (tertiary/aromatic N) is 2. The SMILES string of the molecule is Cc1c(C(C)NC(=O)c2cn(C3CCOCC3)c(=O)cc2NC2CCN(CC(F)(F)F)CC2)cccc1C(F)(F)F. The van der Waals surface area contributed by atoms with E-state index in [2.05, 4.69) is 10.6 Å². The number of hydrogen-bond donors (Lipinski definition) is 2. The Kier molecular flexibility index (Phi) is 9.37. The highest BCUT2D eigenvalue weighted by molar-refractivity contribution is 5.99. The number of pyridine rings is 1. The van der Waals surface area contributed by atoms with Gasteiger partial charge in [0.25, 0.3) is 11.5 Å². The normalized spacial score (nSPS) is 18.7. The Bertz CT molecular complexity index is 1280. The average molecular weight is 589 g/mol. The maximum absolute atomic E-state index is 13.6. The number of rotatable bonds is 7. The molecule has 2 aliphatic heterocycles. The molecule has 2 saturated heterocycles. The summed E-state index contributed by atoms with van der Waals surface area (Å²) in [5.74, 6) is -0.591. The zero-order valence-corrected chi connectivity index (χ0v) is 22.9. The molecular formula is C28H34F6N4O3. The zero-order chi connectivity index (χ0) is 29.9. The van der Waals surface area contributed by atoms with Crippen molar-refractivity contribution in [3.05, 3.63) is 63.1 Å². The van der Waals surface area contributed by atoms with E-state index in [-0.39, 0.29) is 47.5 Å². The van der Waals surface area contributed by atoms with Gasteiger partial charge in [-0.3, -0.25) is 14.5 Å². The monoisotopic (exact) mass is 588 g/mol. The molecule has 0 saturated carbocycles. The predicted molar refractivity (Wildman–Crippen MR) is 141 cm³/mol. The highest BCUT2D eigenvalue weighted by Crippen LogP contribution is 2.34. The van der Waals surface area contributed by atoms with Crippen LogP contribution in [0.4, 0.5) is 32.0 Å². The summed E-state index contributed by atoms with van der Waals surface area (Å²) < 4.78 is 85.6. The minimum Gasteiger partial charge on any atom is -0.381 e. The van der Waals surface area contributed by atoms with Crippen LogP contribution in [-0.4, -0.2) is 60.4 Å². The lowest BCUT2D eigenvalue weighted by Crippen LogP contribution is -2.43. The van der Waals surface area contributed by atoms with Crippen LogP contribution in [0.5, 0.6) is 0 Å². The van der Waals surface area contributed by atoms with Gasteiger partial charge in [-0.05, 0) is 56.7 Å². The predicted octanol–water partition coefficient (Wildman–Crippen LogP) is 5.46. The summed E-state index contributed by atoms with van der Waals surface area (Å²) in [5.41, 5.74) is -0.458. The van der Waals surface area contributed by atoms with Gasteiger partial charge in [0, 0.05) is 50.7 Å². The Morgan fingerprint density at radius 2 is 1.73 bits per heavy atom. The second-order valence-corrected chi connectivity index (χ2v) is 10.7. The molecule has 4 rings (SSSR count). The van der Waals surface area contributed by atoms with Gasteiger partial charge in [0.1, 0.15) is 0 Å². The number of aromatic nitrogens is 1. The van der Waals surface area contributed by atoms with Crippen molar-refractivity contribution in [1.29, 1.82) is 0 Å². The molecule has 226 valence electrons. The third-order valence-corrected chi connectivity index (χ3v) is 7.75. The van der Waals surface area contributed by atoms with Crippen molar-refractivity contribution in [1.82, 2.24) is 14.8 Å². The van der Waals surface area contributed by atoms with Crippen LogP contribution in [0.25, 0.3) is 0 Å². The number of carbonyl (C=O) groups is 1. The number of ether oxygens (including phenoxy) is 1. The van der Waals surface area contributed by atoms with Crippen molar-refractivity contribution in [2.24, 2.45) is 0 Å². The largest absolute Gasteiger partial charge is 0.416 e. The number of hydrogen-bond acceptors (Lipinski definition) is 5. The summed E-state index contributed by atoms with van der Waals surface area (Å²) in [6.45, 7) is 3.25. The van der Waals surface area contributed by atoms with Crippen molar-refractivity contribution in [2.45, 2.75) is 70.0 Å². The minimum absolute atomic E-state index is 0.00365. The molecule has 1 atom stereocenters. The first-order chi connectivity index (χ1) is 19.2. The highest BCUT2D eigenvalue weighted by Gasteiger charge is 2.34. The molecule has 0 radical (unpaired) electrons. The second kappa shape index (κ2) is 12.4. The first-order valence-electron chi connectivity index (χ1n) is 13.6. The molecule has 41 heavy (non-hydrogen) atoms. The smallest absolute Gasteiger partial charge is 0.381 e. The standard InChI is InChI=1S/C28H34F6N4O3/c1-17-21(4-3-5-23(17)28(32,33)34)18(2)35-26(40)22-15-38(20-8-12-41-13-9-20)25(39)14-24(22)36-19-6-10-37(11-7-19)16-27(29,30)31/h3-5,14-15,18-20,36H,6-13,16H2,1-2H3,(H,35,40). The number of amides is 1. The number of piperidine rings is 1. The van der Waals surface area contributed by atoms with E-state index in [1.165, 1.54) is 40.8 Å². The van der Waals surface area contributed by atoms with Crippen molar-refractivity contribution in [3.63, 3.8) is 0 Å². The lowest BCUT2D eigenvalue weighted by molar-refractivity contribution is -0.147. The molecule has 0 aliphatic carbocycles. The van der Waals surface area contributed by atoms with E-state index in [1.54, 1.807) is 6.92 Å². The first-order valence-corrected chi connectivity index (χ1v) is 13.6. The van der Waals surface area contributed by atoms with Crippen molar-refractivity contribution < 1.29 is 35.9 Å². The first kappa shape index (κ1) is 30.9. The number of carbonyl (C=O) groups excluding carboxylic acids is 1. The molecule has 7 nitrogen and oxygen atoms in total. The average Bonchev–Trinajstić information content (AvgIpc) is 2.89. The van der Waals surface area contributed by atoms with Crippen LogP contribution in [0.3, 0.4) is 0 Å². The summed E-state index contributed by atoms with van der Waals surface area (Å²) >= 11 is 0. The Balaban J connectivity index is 1.59. The van der Waals surface area contributed by atoms with E-state index in [4.69, 9.17) is 4.74 Å². The molecule has 2 N–H and O–H groups in total. The second-order valence-electron chi connectivity index (χ2n) is 10.7. The zero-order valence-electron chi connectivity index (χ0n) is 22.9. The number of anilines is 1. The molecule has 1 aromatic carbocycles. The van der Waals surface area contributed by atoms with Gasteiger partial charge >= 0.3 is 12.4 Å². The van der Waals surface area contributed by atoms with Gasteiger partial charge in [-0.2, -0.15) is 26.3 Å². The number of benzene rings is 1. The van der Waals surface area contributed by atoms with Crippen molar-refractivity contribution in [2.75, 3.05) is 38.2 Å². The van der Waals surface area contributed by atoms with Crippen molar-refractivity contribution in [3.8, 4) is 0 Å². The van der Waals surface area contributed by atoms with Crippen LogP contribution >= 0.6 is 0 Å². The van der Waals surface area contributed by atoms with E-state index in [0.717, 1.165) is 6.07 Å². The molecule has 2 fully saturated rings. The van der Waals surface area contributed by atoms with Gasteiger partial charge in [0.05, 0.1) is 29.4 Å². The van der Waals surface area contributed by atoms with E-state index < -0.39 is 36.4 Å². The van der Waals surface area contributed by atoms with Gasteiger partial charge in [-0.25, -0.2) is 0 Å². The van der Waals surface area contributed by atoms with Gasteiger partial charge in [-0.1, -0.05) is 12.1 Å². The van der Waals surface area contributed by atoms with Gasteiger partial charge in [-0.15, -0.1) is 0 Å². The Hall–Kier alpha value is -3.06. The molecule has 2 aliphatic rings. The van der Waals surface area contributed by atoms with Gasteiger partial charge < -0.3 is 19.9 Å². The quantitative estimate of drug-likeness (QED) is 0.421. The van der Waals surface area contributed by atoms with Crippen LogP contribution in [-0.2, 0) is 10.9 Å². The highest BCUT2D eigenvalue weighted by atomic mass is 19.4. The van der Waals surface area contributed by atoms with Crippen LogP contribution in [0.1, 0.15) is 71.7 Å². The molecule has 2 aromatic rings. The molecule has 0 bridgehead atoms. The fourth-order valence-corrected chi connectivity index (χ4v) is 5.59. The third kappa shape index (κ3) is 7.82. The molecule has 0 spiro atoms. The Morgan fingerprint density at radius 1 is 1.07 bits per heavy atom. The third-order valence-electron chi connectivity index (χ3n) is 7.75. The van der Waals surface area contributed by atoms with E-state index in [1.807, 2.05) is 0 Å². The maximum Gasteiger partial charge on any atom is 0.416 e.